The smallest absolute Gasteiger partial charge is 0.0708 e. The van der Waals surface area contributed by atoms with Crippen molar-refractivity contribution in [1.82, 2.24) is 4.98 Å². The van der Waals surface area contributed by atoms with E-state index in [1.165, 1.54) is 21.7 Å². The van der Waals surface area contributed by atoms with Gasteiger partial charge in [0.15, 0.2) is 0 Å². The minimum Gasteiger partial charge on any atom is -0.256 e. The van der Waals surface area contributed by atoms with E-state index in [4.69, 9.17) is 0 Å². The summed E-state index contributed by atoms with van der Waals surface area (Å²) in [5, 5.41) is 3.64. The second kappa shape index (κ2) is 19.3. The molecule has 0 N–H and O–H groups in total. The third-order valence-corrected chi connectivity index (χ3v) is 3.10. The highest BCUT2D eigenvalue weighted by molar-refractivity contribution is 6.06. The lowest BCUT2D eigenvalue weighted by atomic mass is 10.0. The van der Waals surface area contributed by atoms with Crippen molar-refractivity contribution in [2.45, 2.75) is 69.2 Å². The molecule has 0 radical (unpaired) electrons. The Morgan fingerprint density at radius 3 is 1.74 bits per heavy atom. The Morgan fingerprint density at radius 1 is 0.806 bits per heavy atom. The lowest BCUT2D eigenvalue weighted by Gasteiger charge is -2.05. The Kier molecular flexibility index (Phi) is 20.5. The van der Waals surface area contributed by atoms with Crippen molar-refractivity contribution < 1.29 is 0 Å². The highest BCUT2D eigenvalue weighted by atomic mass is 14.6. The average molecular weight is 422 g/mol. The fourth-order valence-corrected chi connectivity index (χ4v) is 2.18. The zero-order valence-corrected chi connectivity index (χ0v) is 22.0. The molecule has 0 unspecified atom stereocenters. The van der Waals surface area contributed by atoms with Gasteiger partial charge in [-0.3, -0.25) is 4.98 Å². The summed E-state index contributed by atoms with van der Waals surface area (Å²) in [4.78, 5) is 4.49. The van der Waals surface area contributed by atoms with Crippen LogP contribution in [-0.2, 0) is 0 Å². The molecule has 2 aromatic carbocycles. The molecule has 0 saturated carbocycles. The molecule has 0 atom stereocenters. The molecule has 1 heteroatoms. The van der Waals surface area contributed by atoms with Crippen LogP contribution in [0.2, 0.25) is 0 Å². The molecule has 1 nitrogen and oxygen atoms in total. The van der Waals surface area contributed by atoms with Gasteiger partial charge in [-0.25, -0.2) is 0 Å². The van der Waals surface area contributed by atoms with Gasteiger partial charge in [0, 0.05) is 17.0 Å². The van der Waals surface area contributed by atoms with Crippen LogP contribution in [-0.4, -0.2) is 4.98 Å². The SMILES string of the molecule is C=C.C=CC.C=Cc1ccc2c(cnc3ccc(C)cc32)c1.CC.CC.CC(C)(C)C. The molecule has 31 heavy (non-hydrogen) atoms. The van der Waals surface area contributed by atoms with Gasteiger partial charge >= 0.3 is 0 Å². The maximum Gasteiger partial charge on any atom is 0.0708 e. The molecule has 3 rings (SSSR count). The van der Waals surface area contributed by atoms with Crippen molar-refractivity contribution in [1.29, 1.82) is 0 Å². The molecular weight excluding hydrogens is 374 g/mol. The highest BCUT2D eigenvalue weighted by Gasteiger charge is 2.02. The second-order valence-electron chi connectivity index (χ2n) is 7.74. The topological polar surface area (TPSA) is 12.9 Å². The Morgan fingerprint density at radius 2 is 1.29 bits per heavy atom. The number of hydrogen-bond donors (Lipinski definition) is 0. The number of benzene rings is 2. The van der Waals surface area contributed by atoms with E-state index in [1.54, 1.807) is 6.08 Å². The van der Waals surface area contributed by atoms with Crippen LogP contribution in [0.15, 0.2) is 75.0 Å². The van der Waals surface area contributed by atoms with Crippen LogP contribution in [0.25, 0.3) is 27.8 Å². The largest absolute Gasteiger partial charge is 0.256 e. The van der Waals surface area contributed by atoms with Gasteiger partial charge in [0.25, 0.3) is 0 Å². The minimum absolute atomic E-state index is 0.500. The first-order valence-electron chi connectivity index (χ1n) is 11.2. The van der Waals surface area contributed by atoms with Gasteiger partial charge in [0.1, 0.15) is 0 Å². The van der Waals surface area contributed by atoms with Crippen LogP contribution in [0.1, 0.15) is 73.4 Å². The van der Waals surface area contributed by atoms with Crippen LogP contribution < -0.4 is 0 Å². The van der Waals surface area contributed by atoms with Crippen molar-refractivity contribution in [2.24, 2.45) is 5.41 Å². The van der Waals surface area contributed by atoms with E-state index in [1.807, 2.05) is 46.9 Å². The van der Waals surface area contributed by atoms with Gasteiger partial charge in [-0.2, -0.15) is 0 Å². The normalized spacial score (nSPS) is 8.84. The summed E-state index contributed by atoms with van der Waals surface area (Å²) in [6.45, 7) is 33.9. The Bertz CT molecular complexity index is 861. The number of allylic oxidation sites excluding steroid dienone is 1. The maximum atomic E-state index is 4.49. The van der Waals surface area contributed by atoms with Crippen LogP contribution in [0, 0.1) is 12.3 Å². The van der Waals surface area contributed by atoms with Gasteiger partial charge in [0.05, 0.1) is 5.52 Å². The second-order valence-corrected chi connectivity index (χ2v) is 7.74. The van der Waals surface area contributed by atoms with E-state index in [0.717, 1.165) is 11.1 Å². The van der Waals surface area contributed by atoms with E-state index in [9.17, 15) is 0 Å². The number of hydrogen-bond acceptors (Lipinski definition) is 1. The Hall–Kier alpha value is -2.67. The predicted octanol–water partition coefficient (Wildman–Crippen LogP) is 10.4. The summed E-state index contributed by atoms with van der Waals surface area (Å²) in [6.07, 6.45) is 5.54. The van der Waals surface area contributed by atoms with Crippen LogP contribution >= 0.6 is 0 Å². The molecular formula is C30H47N. The first-order chi connectivity index (χ1) is 14.7. The number of nitrogens with zero attached hydrogens (tertiary/aromatic N) is 1. The summed E-state index contributed by atoms with van der Waals surface area (Å²) < 4.78 is 0. The monoisotopic (exact) mass is 421 g/mol. The fraction of sp³-hybridized carbons (Fsp3) is 0.367. The van der Waals surface area contributed by atoms with E-state index >= 15 is 0 Å². The van der Waals surface area contributed by atoms with Gasteiger partial charge in [-0.15, -0.1) is 19.7 Å². The number of pyridine rings is 1. The molecule has 0 bridgehead atoms. The van der Waals surface area contributed by atoms with E-state index in [-0.39, 0.29) is 0 Å². The molecule has 1 aromatic heterocycles. The van der Waals surface area contributed by atoms with Gasteiger partial charge in [-0.05, 0) is 48.4 Å². The quantitative estimate of drug-likeness (QED) is 0.281. The van der Waals surface area contributed by atoms with Gasteiger partial charge in [-0.1, -0.05) is 97.9 Å². The van der Waals surface area contributed by atoms with E-state index < -0.39 is 0 Å². The zero-order valence-electron chi connectivity index (χ0n) is 22.0. The molecule has 0 aliphatic heterocycles. The molecule has 0 aliphatic rings. The van der Waals surface area contributed by atoms with E-state index in [2.05, 4.69) is 102 Å². The molecule has 0 saturated heterocycles. The number of aryl methyl sites for hydroxylation is 1. The van der Waals surface area contributed by atoms with Crippen LogP contribution in [0.3, 0.4) is 0 Å². The summed E-state index contributed by atoms with van der Waals surface area (Å²) in [6, 6.07) is 12.7. The molecule has 0 spiro atoms. The lowest BCUT2D eigenvalue weighted by molar-refractivity contribution is 0.469. The Balaban J connectivity index is -0.000000472. The van der Waals surface area contributed by atoms with Crippen molar-refractivity contribution >= 4 is 27.8 Å². The first kappa shape index (κ1) is 33.0. The van der Waals surface area contributed by atoms with Crippen molar-refractivity contribution in [3.63, 3.8) is 0 Å². The molecule has 172 valence electrons. The number of aromatic nitrogens is 1. The third-order valence-electron chi connectivity index (χ3n) is 3.10. The standard InChI is InChI=1S/C16H13N.C5H12.C3H6.2C2H6.C2H4/c1-3-12-5-6-14-13(9-12)10-17-16-7-4-11(2)8-15(14)16;1-5(2,3)4;1-3-2;3*1-2/h3-10H,1H2,2H3;1-4H3;3H,1H2,2H3;2*1-2H3;1-2H2. The molecule has 0 amide bonds. The predicted molar refractivity (Wildman–Crippen MR) is 149 cm³/mol. The summed E-state index contributed by atoms with van der Waals surface area (Å²) in [7, 11) is 0. The van der Waals surface area contributed by atoms with Crippen molar-refractivity contribution in [2.75, 3.05) is 0 Å². The Labute approximate surface area is 193 Å². The zero-order chi connectivity index (χ0) is 25.0. The molecule has 0 aliphatic carbocycles. The minimum atomic E-state index is 0.500. The van der Waals surface area contributed by atoms with E-state index in [0.29, 0.717) is 5.41 Å². The lowest BCUT2D eigenvalue weighted by Crippen LogP contribution is -1.93. The maximum absolute atomic E-state index is 4.49. The third kappa shape index (κ3) is 14.9. The average Bonchev–Trinajstić information content (AvgIpc) is 2.77. The number of fused-ring (bicyclic) bond motifs is 3. The molecule has 3 aromatic rings. The molecule has 0 fully saturated rings. The highest BCUT2D eigenvalue weighted by Crippen LogP contribution is 2.25. The van der Waals surface area contributed by atoms with Crippen LogP contribution in [0.5, 0.6) is 0 Å². The van der Waals surface area contributed by atoms with Gasteiger partial charge in [0.2, 0.25) is 0 Å². The summed E-state index contributed by atoms with van der Waals surface area (Å²) in [5.41, 5.74) is 3.94. The van der Waals surface area contributed by atoms with Gasteiger partial charge < -0.3 is 0 Å². The first-order valence-corrected chi connectivity index (χ1v) is 11.2. The van der Waals surface area contributed by atoms with Crippen molar-refractivity contribution in [3.8, 4) is 0 Å². The molecule has 1 heterocycles. The fourth-order valence-electron chi connectivity index (χ4n) is 2.18. The summed E-state index contributed by atoms with van der Waals surface area (Å²) in [5.74, 6) is 0. The summed E-state index contributed by atoms with van der Waals surface area (Å²) >= 11 is 0. The number of rotatable bonds is 1. The van der Waals surface area contributed by atoms with Crippen LogP contribution in [0.4, 0.5) is 0 Å². The van der Waals surface area contributed by atoms with Crippen molar-refractivity contribution in [3.05, 3.63) is 86.1 Å².